The third-order valence-electron chi connectivity index (χ3n) is 2.78. The molecular weight excluding hydrogens is 160 g/mol. The topological polar surface area (TPSA) is 15.3 Å². The number of nitrogens with zero attached hydrogens (tertiary/aromatic N) is 1. The van der Waals surface area contributed by atoms with Gasteiger partial charge in [0.05, 0.1) is 0 Å². The molecule has 1 unspecified atom stereocenters. The Morgan fingerprint density at radius 2 is 1.92 bits per heavy atom. The van der Waals surface area contributed by atoms with E-state index in [4.69, 9.17) is 0 Å². The second-order valence-corrected chi connectivity index (χ2v) is 3.90. The molecule has 0 saturated heterocycles. The first-order chi connectivity index (χ1) is 6.22. The number of hydrogen-bond donors (Lipinski definition) is 1. The largest absolute Gasteiger partial charge is 0.320 e. The van der Waals surface area contributed by atoms with Gasteiger partial charge < -0.3 is 10.2 Å². The molecule has 0 saturated carbocycles. The van der Waals surface area contributed by atoms with Crippen LogP contribution in [-0.2, 0) is 0 Å². The molecule has 1 N–H and O–H groups in total. The second kappa shape index (κ2) is 8.52. The first kappa shape index (κ1) is 12.9. The van der Waals surface area contributed by atoms with E-state index in [1.54, 1.807) is 0 Å². The van der Waals surface area contributed by atoms with Gasteiger partial charge in [-0.05, 0) is 53.4 Å². The molecule has 0 aromatic carbocycles. The molecule has 0 spiro atoms. The van der Waals surface area contributed by atoms with Crippen molar-refractivity contribution < 1.29 is 0 Å². The molecule has 0 radical (unpaired) electrons. The molecule has 1 atom stereocenters. The summed E-state index contributed by atoms with van der Waals surface area (Å²) >= 11 is 0. The van der Waals surface area contributed by atoms with E-state index in [1.165, 1.54) is 32.2 Å². The average Bonchev–Trinajstić information content (AvgIpc) is 2.16. The zero-order chi connectivity index (χ0) is 10.1. The van der Waals surface area contributed by atoms with Gasteiger partial charge in [-0.3, -0.25) is 0 Å². The average molecular weight is 186 g/mol. The first-order valence-electron chi connectivity index (χ1n) is 5.57. The van der Waals surface area contributed by atoms with Crippen molar-refractivity contribution in [2.75, 3.05) is 27.2 Å². The number of rotatable bonds is 8. The number of hydrogen-bond acceptors (Lipinski definition) is 2. The lowest BCUT2D eigenvalue weighted by molar-refractivity contribution is 0.246. The van der Waals surface area contributed by atoms with Crippen molar-refractivity contribution in [2.45, 2.75) is 45.6 Å². The SMILES string of the molecule is CCC(C)N(C)CCCCCNC. The fourth-order valence-electron chi connectivity index (χ4n) is 1.37. The summed E-state index contributed by atoms with van der Waals surface area (Å²) in [6, 6.07) is 0.740. The standard InChI is InChI=1S/C11H26N2/c1-5-11(2)13(4)10-8-6-7-9-12-3/h11-12H,5-10H2,1-4H3. The summed E-state index contributed by atoms with van der Waals surface area (Å²) in [5.74, 6) is 0. The monoisotopic (exact) mass is 186 g/mol. The Hall–Kier alpha value is -0.0800. The molecule has 0 aliphatic heterocycles. The zero-order valence-electron chi connectivity index (χ0n) is 9.77. The van der Waals surface area contributed by atoms with Gasteiger partial charge in [0.2, 0.25) is 0 Å². The summed E-state index contributed by atoms with van der Waals surface area (Å²) in [6.45, 7) is 6.96. The molecule has 0 aromatic rings. The van der Waals surface area contributed by atoms with Crippen molar-refractivity contribution in [2.24, 2.45) is 0 Å². The molecule has 0 amide bonds. The quantitative estimate of drug-likeness (QED) is 0.584. The van der Waals surface area contributed by atoms with Gasteiger partial charge >= 0.3 is 0 Å². The van der Waals surface area contributed by atoms with E-state index < -0.39 is 0 Å². The van der Waals surface area contributed by atoms with Gasteiger partial charge in [0, 0.05) is 6.04 Å². The van der Waals surface area contributed by atoms with Gasteiger partial charge in [0.1, 0.15) is 0 Å². The lowest BCUT2D eigenvalue weighted by Crippen LogP contribution is -2.29. The van der Waals surface area contributed by atoms with Gasteiger partial charge in [-0.15, -0.1) is 0 Å². The van der Waals surface area contributed by atoms with Crippen LogP contribution in [0, 0.1) is 0 Å². The normalized spacial score (nSPS) is 13.6. The maximum absolute atomic E-state index is 3.18. The van der Waals surface area contributed by atoms with Crippen LogP contribution in [0.15, 0.2) is 0 Å². The summed E-state index contributed by atoms with van der Waals surface area (Å²) in [7, 11) is 4.25. The fourth-order valence-corrected chi connectivity index (χ4v) is 1.37. The summed E-state index contributed by atoms with van der Waals surface area (Å²) in [6.07, 6.45) is 5.25. The predicted octanol–water partition coefficient (Wildman–Crippen LogP) is 2.11. The minimum atomic E-state index is 0.740. The van der Waals surface area contributed by atoms with Gasteiger partial charge in [-0.25, -0.2) is 0 Å². The maximum atomic E-state index is 3.18. The Kier molecular flexibility index (Phi) is 8.46. The van der Waals surface area contributed by atoms with Crippen LogP contribution in [0.2, 0.25) is 0 Å². The van der Waals surface area contributed by atoms with Crippen LogP contribution in [0.1, 0.15) is 39.5 Å². The van der Waals surface area contributed by atoms with Crippen LogP contribution in [0.25, 0.3) is 0 Å². The Balaban J connectivity index is 3.21. The lowest BCUT2D eigenvalue weighted by Gasteiger charge is -2.23. The van der Waals surface area contributed by atoms with E-state index >= 15 is 0 Å². The minimum Gasteiger partial charge on any atom is -0.320 e. The van der Waals surface area contributed by atoms with Crippen LogP contribution in [-0.4, -0.2) is 38.1 Å². The third kappa shape index (κ3) is 7.03. The third-order valence-corrected chi connectivity index (χ3v) is 2.78. The summed E-state index contributed by atoms with van der Waals surface area (Å²) in [5, 5.41) is 3.18. The van der Waals surface area contributed by atoms with E-state index in [9.17, 15) is 0 Å². The molecular formula is C11H26N2. The molecule has 0 aliphatic carbocycles. The molecule has 2 nitrogen and oxygen atoms in total. The van der Waals surface area contributed by atoms with E-state index in [2.05, 4.69) is 31.1 Å². The maximum Gasteiger partial charge on any atom is 0.00612 e. The highest BCUT2D eigenvalue weighted by Crippen LogP contribution is 2.03. The predicted molar refractivity (Wildman–Crippen MR) is 60.2 cm³/mol. The van der Waals surface area contributed by atoms with E-state index in [-0.39, 0.29) is 0 Å². The summed E-state index contributed by atoms with van der Waals surface area (Å²) < 4.78 is 0. The molecule has 0 heterocycles. The van der Waals surface area contributed by atoms with Gasteiger partial charge in [-0.1, -0.05) is 13.3 Å². The van der Waals surface area contributed by atoms with Crippen LogP contribution in [0.4, 0.5) is 0 Å². The molecule has 0 bridgehead atoms. The molecule has 0 rings (SSSR count). The van der Waals surface area contributed by atoms with Crippen molar-refractivity contribution in [1.82, 2.24) is 10.2 Å². The van der Waals surface area contributed by atoms with Gasteiger partial charge in [0.15, 0.2) is 0 Å². The fraction of sp³-hybridized carbons (Fsp3) is 1.00. The Morgan fingerprint density at radius 1 is 1.23 bits per heavy atom. The Bertz CT molecular complexity index is 104. The summed E-state index contributed by atoms with van der Waals surface area (Å²) in [4.78, 5) is 2.46. The van der Waals surface area contributed by atoms with Crippen molar-refractivity contribution in [3.8, 4) is 0 Å². The van der Waals surface area contributed by atoms with Crippen molar-refractivity contribution in [1.29, 1.82) is 0 Å². The molecule has 80 valence electrons. The highest BCUT2D eigenvalue weighted by molar-refractivity contribution is 4.60. The van der Waals surface area contributed by atoms with Crippen molar-refractivity contribution >= 4 is 0 Å². The molecule has 0 fully saturated rings. The van der Waals surface area contributed by atoms with Gasteiger partial charge in [-0.2, -0.15) is 0 Å². The molecule has 0 aliphatic rings. The van der Waals surface area contributed by atoms with Crippen LogP contribution in [0.3, 0.4) is 0 Å². The summed E-state index contributed by atoms with van der Waals surface area (Å²) in [5.41, 5.74) is 0. The highest BCUT2D eigenvalue weighted by Gasteiger charge is 2.04. The second-order valence-electron chi connectivity index (χ2n) is 3.90. The molecule has 2 heteroatoms. The van der Waals surface area contributed by atoms with E-state index in [0.717, 1.165) is 12.6 Å². The molecule has 13 heavy (non-hydrogen) atoms. The Morgan fingerprint density at radius 3 is 2.46 bits per heavy atom. The van der Waals surface area contributed by atoms with Crippen molar-refractivity contribution in [3.63, 3.8) is 0 Å². The first-order valence-corrected chi connectivity index (χ1v) is 5.57. The smallest absolute Gasteiger partial charge is 0.00612 e. The van der Waals surface area contributed by atoms with Gasteiger partial charge in [0.25, 0.3) is 0 Å². The lowest BCUT2D eigenvalue weighted by atomic mass is 10.2. The number of unbranched alkanes of at least 4 members (excludes halogenated alkanes) is 2. The number of nitrogens with one attached hydrogen (secondary N) is 1. The molecule has 0 aromatic heterocycles. The minimum absolute atomic E-state index is 0.740. The van der Waals surface area contributed by atoms with Crippen LogP contribution >= 0.6 is 0 Å². The van der Waals surface area contributed by atoms with E-state index in [1.807, 2.05) is 7.05 Å². The van der Waals surface area contributed by atoms with Crippen LogP contribution in [0.5, 0.6) is 0 Å². The van der Waals surface area contributed by atoms with Crippen LogP contribution < -0.4 is 5.32 Å². The zero-order valence-corrected chi connectivity index (χ0v) is 9.77. The van der Waals surface area contributed by atoms with E-state index in [0.29, 0.717) is 0 Å². The Labute approximate surface area is 83.7 Å². The van der Waals surface area contributed by atoms with Crippen molar-refractivity contribution in [3.05, 3.63) is 0 Å². The highest BCUT2D eigenvalue weighted by atomic mass is 15.1.